The van der Waals surface area contributed by atoms with Gasteiger partial charge >= 0.3 is 0 Å². The second-order valence-corrected chi connectivity index (χ2v) is 4.43. The quantitative estimate of drug-likeness (QED) is 0.741. The van der Waals surface area contributed by atoms with Gasteiger partial charge in [0, 0.05) is 24.8 Å². The van der Waals surface area contributed by atoms with Gasteiger partial charge in [-0.1, -0.05) is 0 Å². The van der Waals surface area contributed by atoms with Crippen molar-refractivity contribution >= 4 is 0 Å². The summed E-state index contributed by atoms with van der Waals surface area (Å²) in [5.74, 6) is 0.651. The predicted molar refractivity (Wildman–Crippen MR) is 58.1 cm³/mol. The van der Waals surface area contributed by atoms with E-state index < -0.39 is 0 Å². The molecule has 5 heteroatoms. The van der Waals surface area contributed by atoms with E-state index in [1.165, 1.54) is 25.1 Å². The van der Waals surface area contributed by atoms with Gasteiger partial charge in [0.15, 0.2) is 0 Å². The van der Waals surface area contributed by atoms with Crippen molar-refractivity contribution in [3.8, 4) is 0 Å². The largest absolute Gasteiger partial charge is 0.367 e. The molecule has 3 rings (SSSR count). The molecule has 2 saturated heterocycles. The molecular weight excluding hydrogens is 206 g/mol. The molecule has 0 spiro atoms. The highest BCUT2D eigenvalue weighted by molar-refractivity contribution is 4.98. The van der Waals surface area contributed by atoms with Crippen LogP contribution in [-0.2, 0) is 4.74 Å². The maximum Gasteiger partial charge on any atom is 0.250 e. The van der Waals surface area contributed by atoms with Gasteiger partial charge in [-0.3, -0.25) is 9.69 Å². The monoisotopic (exact) mass is 221 g/mol. The first-order chi connectivity index (χ1) is 7.83. The summed E-state index contributed by atoms with van der Waals surface area (Å²) >= 11 is 0. The summed E-state index contributed by atoms with van der Waals surface area (Å²) in [5.41, 5.74) is -0.114. The minimum atomic E-state index is -0.114. The molecule has 1 aromatic heterocycles. The van der Waals surface area contributed by atoms with Crippen molar-refractivity contribution in [2.24, 2.45) is 0 Å². The molecule has 5 nitrogen and oxygen atoms in total. The van der Waals surface area contributed by atoms with Crippen molar-refractivity contribution in [1.29, 1.82) is 0 Å². The molecule has 2 aliphatic rings. The van der Waals surface area contributed by atoms with Crippen LogP contribution < -0.4 is 5.56 Å². The second-order valence-electron chi connectivity index (χ2n) is 4.43. The molecule has 86 valence electrons. The van der Waals surface area contributed by atoms with Crippen LogP contribution in [-0.4, -0.2) is 40.6 Å². The molecule has 2 fully saturated rings. The van der Waals surface area contributed by atoms with Crippen LogP contribution >= 0.6 is 0 Å². The van der Waals surface area contributed by atoms with Gasteiger partial charge < -0.3 is 9.72 Å². The number of ether oxygens (including phenoxy) is 1. The van der Waals surface area contributed by atoms with Crippen LogP contribution in [0.15, 0.2) is 17.1 Å². The Bertz CT molecular complexity index is 431. The fraction of sp³-hybridized carbons (Fsp3) is 0.636. The lowest BCUT2D eigenvalue weighted by Gasteiger charge is -2.34. The number of nitrogens with one attached hydrogen (secondary N) is 1. The van der Waals surface area contributed by atoms with Crippen molar-refractivity contribution in [2.45, 2.75) is 25.0 Å². The Morgan fingerprint density at radius 3 is 3.38 bits per heavy atom. The van der Waals surface area contributed by atoms with Gasteiger partial charge in [0.05, 0.1) is 6.61 Å². The highest BCUT2D eigenvalue weighted by Crippen LogP contribution is 2.27. The third-order valence-electron chi connectivity index (χ3n) is 3.38. The first-order valence-electron chi connectivity index (χ1n) is 5.74. The lowest BCUT2D eigenvalue weighted by molar-refractivity contribution is -0.0542. The maximum atomic E-state index is 11.2. The zero-order chi connectivity index (χ0) is 11.0. The van der Waals surface area contributed by atoms with Crippen molar-refractivity contribution < 1.29 is 4.74 Å². The van der Waals surface area contributed by atoms with Crippen LogP contribution in [0.25, 0.3) is 0 Å². The summed E-state index contributed by atoms with van der Waals surface area (Å²) in [5, 5.41) is 0. The van der Waals surface area contributed by atoms with Crippen LogP contribution in [0.2, 0.25) is 0 Å². The molecule has 2 unspecified atom stereocenters. The molecule has 1 N–H and O–H groups in total. The third-order valence-corrected chi connectivity index (χ3v) is 3.38. The van der Waals surface area contributed by atoms with Crippen LogP contribution in [0.1, 0.15) is 24.8 Å². The molecule has 0 radical (unpaired) electrons. The van der Waals surface area contributed by atoms with Gasteiger partial charge in [-0.2, -0.15) is 0 Å². The Kier molecular flexibility index (Phi) is 2.49. The number of H-pyrrole nitrogens is 1. The number of hydrogen-bond donors (Lipinski definition) is 1. The molecule has 0 saturated carbocycles. The van der Waals surface area contributed by atoms with Crippen LogP contribution in [0.4, 0.5) is 0 Å². The lowest BCUT2D eigenvalue weighted by atomic mass is 10.2. The van der Waals surface area contributed by atoms with E-state index in [4.69, 9.17) is 4.74 Å². The van der Waals surface area contributed by atoms with E-state index in [-0.39, 0.29) is 11.7 Å². The van der Waals surface area contributed by atoms with Crippen molar-refractivity contribution in [1.82, 2.24) is 14.9 Å². The molecule has 0 amide bonds. The normalized spacial score (nSPS) is 30.2. The number of morpholine rings is 1. The Balaban J connectivity index is 1.79. The van der Waals surface area contributed by atoms with Gasteiger partial charge in [-0.05, 0) is 19.4 Å². The second kappa shape index (κ2) is 3.99. The zero-order valence-corrected chi connectivity index (χ0v) is 9.06. The van der Waals surface area contributed by atoms with Gasteiger partial charge in [-0.25, -0.2) is 4.98 Å². The van der Waals surface area contributed by atoms with E-state index >= 15 is 0 Å². The first kappa shape index (κ1) is 9.99. The summed E-state index contributed by atoms with van der Waals surface area (Å²) < 4.78 is 5.76. The Morgan fingerprint density at radius 2 is 2.50 bits per heavy atom. The fourth-order valence-corrected chi connectivity index (χ4v) is 2.53. The SMILES string of the molecule is O=c1ccnc(C2CN3CCCC3CO2)[nH]1. The zero-order valence-electron chi connectivity index (χ0n) is 9.06. The minimum absolute atomic E-state index is 0.0803. The summed E-state index contributed by atoms with van der Waals surface area (Å²) in [6, 6.07) is 2.00. The van der Waals surface area contributed by atoms with E-state index in [1.807, 2.05) is 0 Å². The molecule has 3 heterocycles. The van der Waals surface area contributed by atoms with Crippen molar-refractivity contribution in [3.05, 3.63) is 28.4 Å². The highest BCUT2D eigenvalue weighted by Gasteiger charge is 2.33. The lowest BCUT2D eigenvalue weighted by Crippen LogP contribution is -2.43. The maximum absolute atomic E-state index is 11.2. The first-order valence-corrected chi connectivity index (χ1v) is 5.74. The fourth-order valence-electron chi connectivity index (χ4n) is 2.53. The highest BCUT2D eigenvalue weighted by atomic mass is 16.5. The Labute approximate surface area is 93.4 Å². The van der Waals surface area contributed by atoms with Gasteiger partial charge in [0.2, 0.25) is 0 Å². The molecule has 0 aliphatic carbocycles. The number of rotatable bonds is 1. The minimum Gasteiger partial charge on any atom is -0.367 e. The molecule has 0 bridgehead atoms. The number of hydrogen-bond acceptors (Lipinski definition) is 4. The van der Waals surface area contributed by atoms with E-state index in [1.54, 1.807) is 0 Å². The summed E-state index contributed by atoms with van der Waals surface area (Å²) in [6.07, 6.45) is 3.93. The Morgan fingerprint density at radius 1 is 1.56 bits per heavy atom. The number of aromatic amines is 1. The van der Waals surface area contributed by atoms with E-state index in [9.17, 15) is 4.79 Å². The third kappa shape index (κ3) is 1.76. The standard InChI is InChI=1S/C11H15N3O2/c15-10-3-4-12-11(13-10)9-6-14-5-1-2-8(14)7-16-9/h3-4,8-9H,1-2,5-7H2,(H,12,13,15). The summed E-state index contributed by atoms with van der Waals surface area (Å²) in [6.45, 7) is 2.74. The van der Waals surface area contributed by atoms with E-state index in [0.29, 0.717) is 11.9 Å². The van der Waals surface area contributed by atoms with Crippen LogP contribution in [0.3, 0.4) is 0 Å². The molecule has 1 aromatic rings. The predicted octanol–water partition coefficient (Wildman–Crippen LogP) is 0.306. The Hall–Kier alpha value is -1.20. The van der Waals surface area contributed by atoms with Gasteiger partial charge in [0.25, 0.3) is 5.56 Å². The topological polar surface area (TPSA) is 58.2 Å². The summed E-state index contributed by atoms with van der Waals surface area (Å²) in [4.78, 5) is 20.5. The number of fused-ring (bicyclic) bond motifs is 1. The molecule has 0 aromatic carbocycles. The van der Waals surface area contributed by atoms with Crippen molar-refractivity contribution in [2.75, 3.05) is 19.7 Å². The smallest absolute Gasteiger partial charge is 0.250 e. The van der Waals surface area contributed by atoms with E-state index in [0.717, 1.165) is 19.7 Å². The molecule has 2 atom stereocenters. The van der Waals surface area contributed by atoms with Crippen molar-refractivity contribution in [3.63, 3.8) is 0 Å². The molecule has 16 heavy (non-hydrogen) atoms. The van der Waals surface area contributed by atoms with Gasteiger partial charge in [0.1, 0.15) is 11.9 Å². The molecular formula is C11H15N3O2. The van der Waals surface area contributed by atoms with Gasteiger partial charge in [-0.15, -0.1) is 0 Å². The average Bonchev–Trinajstić information content (AvgIpc) is 2.75. The number of aromatic nitrogens is 2. The van der Waals surface area contributed by atoms with E-state index in [2.05, 4.69) is 14.9 Å². The summed E-state index contributed by atoms with van der Waals surface area (Å²) in [7, 11) is 0. The average molecular weight is 221 g/mol. The van der Waals surface area contributed by atoms with Crippen LogP contribution in [0.5, 0.6) is 0 Å². The number of nitrogens with zero attached hydrogens (tertiary/aromatic N) is 2. The molecule has 2 aliphatic heterocycles. The van der Waals surface area contributed by atoms with Crippen LogP contribution in [0, 0.1) is 0 Å².